The molecule has 1 aromatic carbocycles. The Kier molecular flexibility index (Phi) is 4.64. The Labute approximate surface area is 117 Å². The van der Waals surface area contributed by atoms with Gasteiger partial charge < -0.3 is 10.1 Å². The van der Waals surface area contributed by atoms with E-state index in [1.54, 1.807) is 0 Å². The van der Waals surface area contributed by atoms with E-state index in [9.17, 15) is 0 Å². The van der Waals surface area contributed by atoms with Crippen molar-refractivity contribution in [2.24, 2.45) is 5.92 Å². The molecule has 0 aliphatic carbocycles. The summed E-state index contributed by atoms with van der Waals surface area (Å²) in [5.41, 5.74) is 3.00. The standard InChI is InChI=1S/C17H27NO/c1-13(18-11-14-9-10-19-12-14)15-5-7-16(8-6-15)17(2,3)4/h5-8,13-14,18H,9-12H2,1-4H3. The normalized spacial score (nSPS) is 21.6. The van der Waals surface area contributed by atoms with Crippen LogP contribution >= 0.6 is 0 Å². The van der Waals surface area contributed by atoms with Crippen molar-refractivity contribution in [3.63, 3.8) is 0 Å². The predicted octanol–water partition coefficient (Wildman–Crippen LogP) is 3.67. The van der Waals surface area contributed by atoms with E-state index in [1.165, 1.54) is 17.5 Å². The van der Waals surface area contributed by atoms with Crippen LogP contribution in [0.3, 0.4) is 0 Å². The molecule has 1 aliphatic heterocycles. The highest BCUT2D eigenvalue weighted by Crippen LogP contribution is 2.24. The van der Waals surface area contributed by atoms with Crippen molar-refractivity contribution >= 4 is 0 Å². The lowest BCUT2D eigenvalue weighted by Gasteiger charge is -2.21. The van der Waals surface area contributed by atoms with Gasteiger partial charge in [0, 0.05) is 19.2 Å². The highest BCUT2D eigenvalue weighted by Gasteiger charge is 2.17. The number of hydrogen-bond acceptors (Lipinski definition) is 2. The van der Waals surface area contributed by atoms with Gasteiger partial charge in [-0.25, -0.2) is 0 Å². The Hall–Kier alpha value is -0.860. The maximum atomic E-state index is 5.41. The summed E-state index contributed by atoms with van der Waals surface area (Å²) in [6, 6.07) is 9.43. The molecule has 2 heteroatoms. The third-order valence-corrected chi connectivity index (χ3v) is 4.01. The van der Waals surface area contributed by atoms with Crippen LogP contribution in [0.25, 0.3) is 0 Å². The summed E-state index contributed by atoms with van der Waals surface area (Å²) in [6.07, 6.45) is 1.20. The molecule has 1 heterocycles. The summed E-state index contributed by atoms with van der Waals surface area (Å²) in [6.45, 7) is 11.9. The molecule has 1 fully saturated rings. The van der Waals surface area contributed by atoms with Crippen molar-refractivity contribution in [2.45, 2.75) is 45.6 Å². The molecule has 1 aliphatic rings. The lowest BCUT2D eigenvalue weighted by atomic mass is 9.86. The first kappa shape index (κ1) is 14.5. The van der Waals surface area contributed by atoms with E-state index in [1.807, 2.05) is 0 Å². The molecule has 0 spiro atoms. The van der Waals surface area contributed by atoms with Gasteiger partial charge in [0.15, 0.2) is 0 Å². The average molecular weight is 261 g/mol. The summed E-state index contributed by atoms with van der Waals surface area (Å²) in [4.78, 5) is 0. The minimum Gasteiger partial charge on any atom is -0.381 e. The first-order chi connectivity index (χ1) is 8.97. The van der Waals surface area contributed by atoms with Crippen LogP contribution in [0.2, 0.25) is 0 Å². The monoisotopic (exact) mass is 261 g/mol. The van der Waals surface area contributed by atoms with Gasteiger partial charge in [0.1, 0.15) is 0 Å². The first-order valence-corrected chi connectivity index (χ1v) is 7.38. The van der Waals surface area contributed by atoms with E-state index < -0.39 is 0 Å². The van der Waals surface area contributed by atoms with Gasteiger partial charge in [-0.05, 0) is 35.8 Å². The summed E-state index contributed by atoms with van der Waals surface area (Å²) < 4.78 is 5.41. The Morgan fingerprint density at radius 2 is 1.95 bits per heavy atom. The Bertz CT molecular complexity index is 385. The number of rotatable bonds is 4. The van der Waals surface area contributed by atoms with Crippen molar-refractivity contribution in [1.29, 1.82) is 0 Å². The van der Waals surface area contributed by atoms with Gasteiger partial charge in [0.25, 0.3) is 0 Å². The van der Waals surface area contributed by atoms with Crippen LogP contribution < -0.4 is 5.32 Å². The number of nitrogens with one attached hydrogen (secondary N) is 1. The predicted molar refractivity (Wildman–Crippen MR) is 80.5 cm³/mol. The van der Waals surface area contributed by atoms with Crippen LogP contribution in [-0.2, 0) is 10.2 Å². The van der Waals surface area contributed by atoms with Gasteiger partial charge in [0.05, 0.1) is 6.61 Å². The van der Waals surface area contributed by atoms with Gasteiger partial charge in [-0.1, -0.05) is 45.0 Å². The maximum absolute atomic E-state index is 5.41. The summed E-state index contributed by atoms with van der Waals surface area (Å²) in [5, 5.41) is 3.62. The fourth-order valence-electron chi connectivity index (χ4n) is 2.48. The van der Waals surface area contributed by atoms with Crippen LogP contribution in [0.1, 0.15) is 51.3 Å². The zero-order valence-electron chi connectivity index (χ0n) is 12.7. The molecule has 0 radical (unpaired) electrons. The van der Waals surface area contributed by atoms with Gasteiger partial charge in [-0.15, -0.1) is 0 Å². The molecule has 0 bridgehead atoms. The van der Waals surface area contributed by atoms with E-state index in [4.69, 9.17) is 4.74 Å². The van der Waals surface area contributed by atoms with E-state index in [2.05, 4.69) is 57.3 Å². The molecule has 0 amide bonds. The summed E-state index contributed by atoms with van der Waals surface area (Å²) >= 11 is 0. The Morgan fingerprint density at radius 3 is 2.47 bits per heavy atom. The Morgan fingerprint density at radius 1 is 1.26 bits per heavy atom. The minimum absolute atomic E-state index is 0.233. The quantitative estimate of drug-likeness (QED) is 0.893. The maximum Gasteiger partial charge on any atom is 0.0507 e. The van der Waals surface area contributed by atoms with Gasteiger partial charge in [-0.2, -0.15) is 0 Å². The van der Waals surface area contributed by atoms with Crippen molar-refractivity contribution in [2.75, 3.05) is 19.8 Å². The molecule has 1 saturated heterocycles. The molecule has 2 rings (SSSR count). The van der Waals surface area contributed by atoms with Gasteiger partial charge >= 0.3 is 0 Å². The molecule has 19 heavy (non-hydrogen) atoms. The van der Waals surface area contributed by atoms with Crippen LogP contribution in [0.15, 0.2) is 24.3 Å². The number of ether oxygens (including phenoxy) is 1. The van der Waals surface area contributed by atoms with E-state index >= 15 is 0 Å². The third kappa shape index (κ3) is 4.05. The van der Waals surface area contributed by atoms with E-state index in [0.717, 1.165) is 19.8 Å². The van der Waals surface area contributed by atoms with Crippen molar-refractivity contribution in [3.8, 4) is 0 Å². The van der Waals surface area contributed by atoms with Crippen LogP contribution in [0.5, 0.6) is 0 Å². The molecule has 0 aromatic heterocycles. The molecule has 106 valence electrons. The molecule has 2 unspecified atom stereocenters. The highest BCUT2D eigenvalue weighted by molar-refractivity contribution is 5.29. The van der Waals surface area contributed by atoms with Crippen molar-refractivity contribution in [1.82, 2.24) is 5.32 Å². The topological polar surface area (TPSA) is 21.3 Å². The Balaban J connectivity index is 1.89. The summed E-state index contributed by atoms with van der Waals surface area (Å²) in [7, 11) is 0. The van der Waals surface area contributed by atoms with E-state index in [-0.39, 0.29) is 5.41 Å². The second kappa shape index (κ2) is 6.06. The van der Waals surface area contributed by atoms with Crippen molar-refractivity contribution < 1.29 is 4.74 Å². The van der Waals surface area contributed by atoms with Crippen molar-refractivity contribution in [3.05, 3.63) is 35.4 Å². The highest BCUT2D eigenvalue weighted by atomic mass is 16.5. The molecule has 2 nitrogen and oxygen atoms in total. The second-order valence-corrected chi connectivity index (χ2v) is 6.73. The third-order valence-electron chi connectivity index (χ3n) is 4.01. The molecular formula is C17H27NO. The average Bonchev–Trinajstić information content (AvgIpc) is 2.88. The van der Waals surface area contributed by atoms with Crippen LogP contribution in [-0.4, -0.2) is 19.8 Å². The zero-order chi connectivity index (χ0) is 13.9. The molecule has 1 aromatic rings. The fraction of sp³-hybridized carbons (Fsp3) is 0.647. The second-order valence-electron chi connectivity index (χ2n) is 6.73. The number of benzene rings is 1. The molecule has 1 N–H and O–H groups in total. The minimum atomic E-state index is 0.233. The first-order valence-electron chi connectivity index (χ1n) is 7.38. The molecule has 2 atom stereocenters. The van der Waals surface area contributed by atoms with Gasteiger partial charge in [0.2, 0.25) is 0 Å². The smallest absolute Gasteiger partial charge is 0.0507 e. The van der Waals surface area contributed by atoms with Crippen LogP contribution in [0.4, 0.5) is 0 Å². The molecular weight excluding hydrogens is 234 g/mol. The molecule has 0 saturated carbocycles. The largest absolute Gasteiger partial charge is 0.381 e. The van der Waals surface area contributed by atoms with Gasteiger partial charge in [-0.3, -0.25) is 0 Å². The van der Waals surface area contributed by atoms with Crippen LogP contribution in [0, 0.1) is 5.92 Å². The fourth-order valence-corrected chi connectivity index (χ4v) is 2.48. The zero-order valence-corrected chi connectivity index (χ0v) is 12.7. The lowest BCUT2D eigenvalue weighted by molar-refractivity contribution is 0.184. The SMILES string of the molecule is CC(NCC1CCOC1)c1ccc(C(C)(C)C)cc1. The number of hydrogen-bond donors (Lipinski definition) is 1. The van der Waals surface area contributed by atoms with E-state index in [0.29, 0.717) is 12.0 Å². The lowest BCUT2D eigenvalue weighted by Crippen LogP contribution is -2.26. The summed E-state index contributed by atoms with van der Waals surface area (Å²) in [5.74, 6) is 0.691.